The van der Waals surface area contributed by atoms with Crippen molar-refractivity contribution in [1.82, 2.24) is 14.5 Å². The molecule has 0 saturated carbocycles. The standard InChI is InChI=1S/C29H31N3O4/c1-36-24-6-4-5-22(19-24)25(20-9-11-21(12-10-20)28(33)34)15-18-31-16-13-23(14-17-31)32-27-8-3-2-7-26(27)30-29(32)35/h2-12,19,23,25H,13-18H2,1H3,(H,30,35)(H,33,34). The summed E-state index contributed by atoms with van der Waals surface area (Å²) in [6, 6.07) is 23.4. The fraction of sp³-hybridized carbons (Fsp3) is 0.310. The predicted molar refractivity (Wildman–Crippen MR) is 140 cm³/mol. The van der Waals surface area contributed by atoms with E-state index < -0.39 is 5.97 Å². The number of methoxy groups -OCH3 is 1. The average Bonchev–Trinajstić information content (AvgIpc) is 3.25. The predicted octanol–water partition coefficient (Wildman–Crippen LogP) is 4.90. The molecule has 36 heavy (non-hydrogen) atoms. The average molecular weight is 486 g/mol. The lowest BCUT2D eigenvalue weighted by Crippen LogP contribution is -2.37. The van der Waals surface area contributed by atoms with Gasteiger partial charge in [0.15, 0.2) is 0 Å². The van der Waals surface area contributed by atoms with Crippen LogP contribution < -0.4 is 10.4 Å². The summed E-state index contributed by atoms with van der Waals surface area (Å²) < 4.78 is 7.38. The second-order valence-corrected chi connectivity index (χ2v) is 9.44. The van der Waals surface area contributed by atoms with Gasteiger partial charge in [0, 0.05) is 25.0 Å². The number of likely N-dealkylation sites (tertiary alicyclic amines) is 1. The van der Waals surface area contributed by atoms with Crippen molar-refractivity contribution in [2.24, 2.45) is 0 Å². The number of rotatable bonds is 8. The van der Waals surface area contributed by atoms with Gasteiger partial charge < -0.3 is 19.7 Å². The Balaban J connectivity index is 1.29. The van der Waals surface area contributed by atoms with Crippen LogP contribution in [0.1, 0.15) is 52.7 Å². The Morgan fingerprint density at radius 2 is 1.78 bits per heavy atom. The number of benzene rings is 3. The lowest BCUT2D eigenvalue weighted by atomic mass is 9.87. The van der Waals surface area contributed by atoms with Gasteiger partial charge >= 0.3 is 11.7 Å². The molecule has 186 valence electrons. The molecular weight excluding hydrogens is 454 g/mol. The number of fused-ring (bicyclic) bond motifs is 1. The van der Waals surface area contributed by atoms with Gasteiger partial charge in [-0.1, -0.05) is 36.4 Å². The highest BCUT2D eigenvalue weighted by atomic mass is 16.5. The fourth-order valence-electron chi connectivity index (χ4n) is 5.39. The van der Waals surface area contributed by atoms with Crippen molar-refractivity contribution < 1.29 is 14.6 Å². The number of para-hydroxylation sites is 2. The van der Waals surface area contributed by atoms with Crippen LogP contribution in [0.3, 0.4) is 0 Å². The van der Waals surface area contributed by atoms with Gasteiger partial charge in [0.2, 0.25) is 0 Å². The van der Waals surface area contributed by atoms with Crippen LogP contribution in [0.15, 0.2) is 77.6 Å². The molecular formula is C29H31N3O4. The van der Waals surface area contributed by atoms with Crippen LogP contribution in [0.2, 0.25) is 0 Å². The number of carboxylic acid groups (broad SMARTS) is 1. The molecule has 3 aromatic carbocycles. The molecule has 0 amide bonds. The molecule has 0 radical (unpaired) electrons. The molecule has 1 fully saturated rings. The van der Waals surface area contributed by atoms with Crippen LogP contribution in [0, 0.1) is 0 Å². The zero-order valence-corrected chi connectivity index (χ0v) is 20.4. The van der Waals surface area contributed by atoms with Crippen molar-refractivity contribution in [2.45, 2.75) is 31.2 Å². The van der Waals surface area contributed by atoms with Crippen molar-refractivity contribution in [3.8, 4) is 5.75 Å². The van der Waals surface area contributed by atoms with E-state index in [1.165, 1.54) is 0 Å². The van der Waals surface area contributed by atoms with Crippen LogP contribution >= 0.6 is 0 Å². The normalized spacial score (nSPS) is 15.7. The van der Waals surface area contributed by atoms with Crippen molar-refractivity contribution in [2.75, 3.05) is 26.7 Å². The summed E-state index contributed by atoms with van der Waals surface area (Å²) in [6.45, 7) is 2.77. The van der Waals surface area contributed by atoms with Gasteiger partial charge in [0.25, 0.3) is 0 Å². The van der Waals surface area contributed by atoms with E-state index in [9.17, 15) is 14.7 Å². The van der Waals surface area contributed by atoms with E-state index in [1.807, 2.05) is 53.1 Å². The molecule has 1 unspecified atom stereocenters. The van der Waals surface area contributed by atoms with Gasteiger partial charge in [0.1, 0.15) is 5.75 Å². The molecule has 0 spiro atoms. The Hall–Kier alpha value is -3.84. The van der Waals surface area contributed by atoms with Crippen molar-refractivity contribution in [3.63, 3.8) is 0 Å². The smallest absolute Gasteiger partial charge is 0.335 e. The molecule has 5 rings (SSSR count). The minimum Gasteiger partial charge on any atom is -0.497 e. The number of hydrogen-bond donors (Lipinski definition) is 2. The highest BCUT2D eigenvalue weighted by Gasteiger charge is 2.25. The number of carboxylic acids is 1. The summed E-state index contributed by atoms with van der Waals surface area (Å²) in [6.07, 6.45) is 2.76. The highest BCUT2D eigenvalue weighted by Crippen LogP contribution is 2.32. The summed E-state index contributed by atoms with van der Waals surface area (Å²) in [7, 11) is 1.67. The number of aromatic amines is 1. The first-order valence-electron chi connectivity index (χ1n) is 12.4. The van der Waals surface area contributed by atoms with Crippen LogP contribution in [0.25, 0.3) is 11.0 Å². The molecule has 7 heteroatoms. The Labute approximate surface area is 210 Å². The van der Waals surface area contributed by atoms with Gasteiger partial charge in [-0.2, -0.15) is 0 Å². The fourth-order valence-corrected chi connectivity index (χ4v) is 5.39. The van der Waals surface area contributed by atoms with Gasteiger partial charge in [0.05, 0.1) is 23.7 Å². The molecule has 0 aliphatic carbocycles. The van der Waals surface area contributed by atoms with Crippen LogP contribution in [0.4, 0.5) is 0 Å². The molecule has 1 atom stereocenters. The zero-order valence-electron chi connectivity index (χ0n) is 20.4. The second kappa shape index (κ2) is 10.4. The van der Waals surface area contributed by atoms with Gasteiger partial charge in [-0.25, -0.2) is 9.59 Å². The number of aromatic nitrogens is 2. The van der Waals surface area contributed by atoms with Gasteiger partial charge in [-0.05, 0) is 73.3 Å². The summed E-state index contributed by atoms with van der Waals surface area (Å²) in [5.74, 6) is 0.0122. The summed E-state index contributed by atoms with van der Waals surface area (Å²) in [5.41, 5.74) is 4.37. The van der Waals surface area contributed by atoms with E-state index in [0.717, 1.165) is 66.8 Å². The first-order chi connectivity index (χ1) is 17.5. The van der Waals surface area contributed by atoms with Crippen LogP contribution in [-0.2, 0) is 0 Å². The maximum Gasteiger partial charge on any atom is 0.335 e. The molecule has 1 saturated heterocycles. The number of ether oxygens (including phenoxy) is 1. The number of imidazole rings is 1. The molecule has 7 nitrogen and oxygen atoms in total. The van der Waals surface area contributed by atoms with Gasteiger partial charge in [-0.15, -0.1) is 0 Å². The SMILES string of the molecule is COc1cccc(C(CCN2CCC(n3c(=O)[nH]c4ccccc43)CC2)c2ccc(C(=O)O)cc2)c1. The van der Waals surface area contributed by atoms with Crippen LogP contribution in [-0.4, -0.2) is 52.3 Å². The van der Waals surface area contributed by atoms with E-state index in [2.05, 4.69) is 22.0 Å². The monoisotopic (exact) mass is 485 g/mol. The lowest BCUT2D eigenvalue weighted by Gasteiger charge is -2.33. The Morgan fingerprint density at radius 1 is 1.03 bits per heavy atom. The van der Waals surface area contributed by atoms with Gasteiger partial charge in [-0.3, -0.25) is 4.57 Å². The maximum absolute atomic E-state index is 12.6. The largest absolute Gasteiger partial charge is 0.497 e. The topological polar surface area (TPSA) is 87.6 Å². The number of nitrogens with zero attached hydrogens (tertiary/aromatic N) is 2. The van der Waals surface area contributed by atoms with E-state index >= 15 is 0 Å². The van der Waals surface area contributed by atoms with Crippen molar-refractivity contribution in [1.29, 1.82) is 0 Å². The minimum atomic E-state index is -0.920. The molecule has 2 heterocycles. The molecule has 1 aliphatic heterocycles. The molecule has 4 aromatic rings. The third-order valence-electron chi connectivity index (χ3n) is 7.34. The Morgan fingerprint density at radius 3 is 2.50 bits per heavy atom. The van der Waals surface area contributed by atoms with E-state index in [1.54, 1.807) is 19.2 Å². The third kappa shape index (κ3) is 4.93. The lowest BCUT2D eigenvalue weighted by molar-refractivity contribution is 0.0697. The molecule has 1 aliphatic rings. The third-order valence-corrected chi connectivity index (χ3v) is 7.34. The zero-order chi connectivity index (χ0) is 25.1. The number of piperidine rings is 1. The number of aromatic carboxylic acids is 1. The Bertz CT molecular complexity index is 1400. The van der Waals surface area contributed by atoms with E-state index in [4.69, 9.17) is 4.74 Å². The summed E-state index contributed by atoms with van der Waals surface area (Å²) >= 11 is 0. The Kier molecular flexibility index (Phi) is 6.91. The quantitative estimate of drug-likeness (QED) is 0.371. The summed E-state index contributed by atoms with van der Waals surface area (Å²) in [4.78, 5) is 29.4. The molecule has 0 bridgehead atoms. The molecule has 1 aromatic heterocycles. The highest BCUT2D eigenvalue weighted by molar-refractivity contribution is 5.87. The summed E-state index contributed by atoms with van der Waals surface area (Å²) in [5, 5.41) is 9.29. The van der Waals surface area contributed by atoms with Crippen LogP contribution in [0.5, 0.6) is 5.75 Å². The second-order valence-electron chi connectivity index (χ2n) is 9.44. The first kappa shape index (κ1) is 23.9. The first-order valence-corrected chi connectivity index (χ1v) is 12.4. The number of hydrogen-bond acceptors (Lipinski definition) is 4. The number of carbonyl (C=O) groups is 1. The number of H-pyrrole nitrogens is 1. The minimum absolute atomic E-state index is 0.0300. The maximum atomic E-state index is 12.6. The molecule has 2 N–H and O–H groups in total. The van der Waals surface area contributed by atoms with E-state index in [0.29, 0.717) is 0 Å². The van der Waals surface area contributed by atoms with Crippen molar-refractivity contribution in [3.05, 3.63) is 100.0 Å². The van der Waals surface area contributed by atoms with Crippen molar-refractivity contribution >= 4 is 17.0 Å². The van der Waals surface area contributed by atoms with E-state index in [-0.39, 0.29) is 23.2 Å². The number of nitrogens with one attached hydrogen (secondary N) is 1.